The predicted molar refractivity (Wildman–Crippen MR) is 150 cm³/mol. The quantitative estimate of drug-likeness (QED) is 0.293. The molecule has 0 radical (unpaired) electrons. The van der Waals surface area contributed by atoms with Gasteiger partial charge in [-0.1, -0.05) is 39.0 Å². The van der Waals surface area contributed by atoms with Crippen LogP contribution in [0.5, 0.6) is 5.88 Å². The van der Waals surface area contributed by atoms with E-state index in [4.69, 9.17) is 4.74 Å². The fourth-order valence-corrected chi connectivity index (χ4v) is 5.01. The number of sulfonamides is 1. The van der Waals surface area contributed by atoms with Crippen LogP contribution in [0.2, 0.25) is 0 Å². The molecule has 0 unspecified atom stereocenters. The molecule has 4 rings (SSSR count). The van der Waals surface area contributed by atoms with Crippen LogP contribution in [0.1, 0.15) is 26.3 Å². The van der Waals surface area contributed by atoms with E-state index in [-0.39, 0.29) is 16.2 Å². The van der Waals surface area contributed by atoms with Crippen LogP contribution in [0, 0.1) is 0 Å². The second-order valence-electron chi connectivity index (χ2n) is 10.3. The highest BCUT2D eigenvalue weighted by Crippen LogP contribution is 2.38. The lowest BCUT2D eigenvalue weighted by atomic mass is 9.87. The monoisotopic (exact) mass is 535 g/mol. The van der Waals surface area contributed by atoms with Crippen LogP contribution >= 0.6 is 0 Å². The molecular formula is C28H33N5O4S. The van der Waals surface area contributed by atoms with Gasteiger partial charge in [0.1, 0.15) is 0 Å². The molecule has 0 bridgehead atoms. The summed E-state index contributed by atoms with van der Waals surface area (Å²) in [5.74, 6) is 0.244. The molecule has 0 aliphatic heterocycles. The SMILES string of the molecule is CN(C)CCNC(=O)Oc1[nH]c2ccc(NS(=O)(=O)c3ccc(C(C)(C)C)cc3)cc2c1-c1cccnc1. The summed E-state index contributed by atoms with van der Waals surface area (Å²) in [5.41, 5.74) is 3.34. The van der Waals surface area contributed by atoms with E-state index in [0.717, 1.165) is 5.56 Å². The van der Waals surface area contributed by atoms with Crippen LogP contribution in [-0.4, -0.2) is 56.6 Å². The van der Waals surface area contributed by atoms with Crippen molar-refractivity contribution in [2.45, 2.75) is 31.1 Å². The number of H-pyrrole nitrogens is 1. The standard InChI is InChI=1S/C28H33N5O4S/c1-28(2,3)20-8-11-22(12-9-20)38(35,36)32-21-10-13-24-23(17-21)25(19-7-6-14-29-18-19)26(31-24)37-27(34)30-15-16-33(4)5/h6-14,17-18,31-32H,15-16H2,1-5H3,(H,30,34). The molecule has 10 heteroatoms. The molecule has 0 saturated carbocycles. The Balaban J connectivity index is 1.66. The fourth-order valence-electron chi connectivity index (χ4n) is 3.96. The van der Waals surface area contributed by atoms with E-state index < -0.39 is 16.1 Å². The number of benzene rings is 2. The van der Waals surface area contributed by atoms with Gasteiger partial charge in [-0.05, 0) is 61.5 Å². The van der Waals surface area contributed by atoms with Crippen molar-refractivity contribution in [3.05, 3.63) is 72.6 Å². The van der Waals surface area contributed by atoms with Crippen molar-refractivity contribution >= 4 is 32.7 Å². The van der Waals surface area contributed by atoms with E-state index >= 15 is 0 Å². The van der Waals surface area contributed by atoms with E-state index in [1.165, 1.54) is 0 Å². The molecule has 0 saturated heterocycles. The van der Waals surface area contributed by atoms with Gasteiger partial charge in [0.25, 0.3) is 10.0 Å². The van der Waals surface area contributed by atoms with E-state index in [2.05, 4.69) is 40.8 Å². The van der Waals surface area contributed by atoms with E-state index in [9.17, 15) is 13.2 Å². The Bertz CT molecular complexity index is 1520. The van der Waals surface area contributed by atoms with E-state index in [1.54, 1.807) is 48.8 Å². The summed E-state index contributed by atoms with van der Waals surface area (Å²) < 4.78 is 34.6. The van der Waals surface area contributed by atoms with Crippen LogP contribution in [0.15, 0.2) is 71.9 Å². The molecule has 2 aromatic heterocycles. The Labute approximate surface area is 223 Å². The number of anilines is 1. The van der Waals surface area contributed by atoms with Crippen LogP contribution in [-0.2, 0) is 15.4 Å². The Morgan fingerprint density at radius 2 is 1.82 bits per heavy atom. The number of nitrogens with one attached hydrogen (secondary N) is 3. The van der Waals surface area contributed by atoms with Crippen molar-refractivity contribution < 1.29 is 17.9 Å². The molecular weight excluding hydrogens is 502 g/mol. The van der Waals surface area contributed by atoms with Gasteiger partial charge in [-0.2, -0.15) is 0 Å². The lowest BCUT2D eigenvalue weighted by Crippen LogP contribution is -2.33. The number of carbonyl (C=O) groups is 1. The second-order valence-corrected chi connectivity index (χ2v) is 12.0. The largest absolute Gasteiger partial charge is 0.413 e. The minimum Gasteiger partial charge on any atom is -0.393 e. The third-order valence-electron chi connectivity index (χ3n) is 6.02. The highest BCUT2D eigenvalue weighted by molar-refractivity contribution is 7.92. The number of rotatable bonds is 8. The van der Waals surface area contributed by atoms with Crippen LogP contribution in [0.3, 0.4) is 0 Å². The van der Waals surface area contributed by atoms with Crippen LogP contribution in [0.25, 0.3) is 22.0 Å². The highest BCUT2D eigenvalue weighted by Gasteiger charge is 2.21. The number of pyridine rings is 1. The van der Waals surface area contributed by atoms with Crippen molar-refractivity contribution in [2.24, 2.45) is 0 Å². The number of fused-ring (bicyclic) bond motifs is 1. The average molecular weight is 536 g/mol. The first kappa shape index (κ1) is 27.2. The summed E-state index contributed by atoms with van der Waals surface area (Å²) in [6.07, 6.45) is 2.72. The molecule has 1 amide bonds. The van der Waals surface area contributed by atoms with Gasteiger partial charge in [0, 0.05) is 47.6 Å². The maximum absolute atomic E-state index is 13.1. The molecule has 4 aromatic rings. The van der Waals surface area contributed by atoms with Crippen molar-refractivity contribution in [3.8, 4) is 17.0 Å². The zero-order valence-electron chi connectivity index (χ0n) is 22.2. The lowest BCUT2D eigenvalue weighted by Gasteiger charge is -2.19. The molecule has 3 N–H and O–H groups in total. The number of amides is 1. The summed E-state index contributed by atoms with van der Waals surface area (Å²) in [6, 6.07) is 15.6. The first-order chi connectivity index (χ1) is 17.9. The number of carbonyl (C=O) groups excluding carboxylic acids is 1. The van der Waals surface area contributed by atoms with Crippen molar-refractivity contribution in [1.82, 2.24) is 20.2 Å². The number of aromatic amines is 1. The first-order valence-corrected chi connectivity index (χ1v) is 13.7. The molecule has 38 heavy (non-hydrogen) atoms. The molecule has 0 aliphatic rings. The number of ether oxygens (including phenoxy) is 1. The maximum Gasteiger partial charge on any atom is 0.413 e. The average Bonchev–Trinajstić information content (AvgIpc) is 3.20. The van der Waals surface area contributed by atoms with Crippen molar-refractivity contribution in [3.63, 3.8) is 0 Å². The molecule has 0 fully saturated rings. The van der Waals surface area contributed by atoms with Gasteiger partial charge in [0.15, 0.2) is 0 Å². The van der Waals surface area contributed by atoms with Gasteiger partial charge >= 0.3 is 6.09 Å². The number of hydrogen-bond acceptors (Lipinski definition) is 6. The predicted octanol–water partition coefficient (Wildman–Crippen LogP) is 4.98. The highest BCUT2D eigenvalue weighted by atomic mass is 32.2. The molecule has 2 heterocycles. The van der Waals surface area contributed by atoms with Crippen molar-refractivity contribution in [2.75, 3.05) is 31.9 Å². The van der Waals surface area contributed by atoms with Gasteiger partial charge in [0.05, 0.1) is 10.5 Å². The third kappa shape index (κ3) is 6.32. The Morgan fingerprint density at radius 3 is 2.45 bits per heavy atom. The molecule has 200 valence electrons. The summed E-state index contributed by atoms with van der Waals surface area (Å²) in [5, 5.41) is 3.41. The normalized spacial score (nSPS) is 12.1. The molecule has 9 nitrogen and oxygen atoms in total. The fraction of sp³-hybridized carbons (Fsp3) is 0.286. The van der Waals surface area contributed by atoms with Gasteiger partial charge in [0.2, 0.25) is 5.88 Å². The third-order valence-corrected chi connectivity index (χ3v) is 7.42. The summed E-state index contributed by atoms with van der Waals surface area (Å²) in [6.45, 7) is 7.32. The first-order valence-electron chi connectivity index (χ1n) is 12.2. The molecule has 0 spiro atoms. The summed E-state index contributed by atoms with van der Waals surface area (Å²) >= 11 is 0. The minimum absolute atomic E-state index is 0.0826. The van der Waals surface area contributed by atoms with Gasteiger partial charge < -0.3 is 19.9 Å². The van der Waals surface area contributed by atoms with E-state index in [0.29, 0.717) is 40.8 Å². The van der Waals surface area contributed by atoms with E-state index in [1.807, 2.05) is 37.2 Å². The number of likely N-dealkylation sites (N-methyl/N-ethyl adjacent to an activating group) is 1. The minimum atomic E-state index is -3.82. The maximum atomic E-state index is 13.1. The zero-order valence-corrected chi connectivity index (χ0v) is 23.0. The molecule has 0 aliphatic carbocycles. The smallest absolute Gasteiger partial charge is 0.393 e. The molecule has 2 aromatic carbocycles. The van der Waals surface area contributed by atoms with Gasteiger partial charge in [-0.15, -0.1) is 0 Å². The van der Waals surface area contributed by atoms with Crippen LogP contribution in [0.4, 0.5) is 10.5 Å². The summed E-state index contributed by atoms with van der Waals surface area (Å²) in [7, 11) is 0.00613. The Kier molecular flexibility index (Phi) is 7.75. The molecule has 0 atom stereocenters. The van der Waals surface area contributed by atoms with Crippen LogP contribution < -0.4 is 14.8 Å². The van der Waals surface area contributed by atoms with Gasteiger partial charge in [-0.25, -0.2) is 13.2 Å². The zero-order chi connectivity index (χ0) is 27.5. The summed E-state index contributed by atoms with van der Waals surface area (Å²) in [4.78, 5) is 21.9. The number of hydrogen-bond donors (Lipinski definition) is 3. The Hall–Kier alpha value is -3.89. The Morgan fingerprint density at radius 1 is 1.08 bits per heavy atom. The number of aromatic nitrogens is 2. The number of nitrogens with zero attached hydrogens (tertiary/aromatic N) is 2. The lowest BCUT2D eigenvalue weighted by molar-refractivity contribution is 0.198. The van der Waals surface area contributed by atoms with Crippen molar-refractivity contribution in [1.29, 1.82) is 0 Å². The topological polar surface area (TPSA) is 116 Å². The van der Waals surface area contributed by atoms with Gasteiger partial charge in [-0.3, -0.25) is 9.71 Å². The second kappa shape index (κ2) is 10.8.